The third-order valence-electron chi connectivity index (χ3n) is 14.1. The molecular formula is C65H120O6. The molecule has 0 aromatic carbocycles. The normalized spacial score (nSPS) is 12.2. The van der Waals surface area contributed by atoms with Crippen molar-refractivity contribution in [3.63, 3.8) is 0 Å². The van der Waals surface area contributed by atoms with E-state index in [1.54, 1.807) is 0 Å². The van der Waals surface area contributed by atoms with Crippen LogP contribution >= 0.6 is 0 Å². The van der Waals surface area contributed by atoms with Crippen molar-refractivity contribution in [1.82, 2.24) is 0 Å². The number of unbranched alkanes of at least 4 members (excludes halogenated alkanes) is 41. The topological polar surface area (TPSA) is 78.9 Å². The van der Waals surface area contributed by atoms with Gasteiger partial charge in [0.15, 0.2) is 6.10 Å². The highest BCUT2D eigenvalue weighted by Crippen LogP contribution is 2.17. The Bertz CT molecular complexity index is 1190. The van der Waals surface area contributed by atoms with Crippen LogP contribution in [0.4, 0.5) is 0 Å². The Morgan fingerprint density at radius 1 is 0.282 bits per heavy atom. The van der Waals surface area contributed by atoms with Gasteiger partial charge in [0.25, 0.3) is 0 Å². The van der Waals surface area contributed by atoms with Crippen LogP contribution < -0.4 is 0 Å². The van der Waals surface area contributed by atoms with Crippen LogP contribution in [0.3, 0.4) is 0 Å². The molecule has 6 heteroatoms. The fourth-order valence-corrected chi connectivity index (χ4v) is 9.35. The van der Waals surface area contributed by atoms with E-state index in [1.807, 2.05) is 0 Å². The first-order valence-corrected chi connectivity index (χ1v) is 31.5. The molecular weight excluding hydrogens is 877 g/mol. The minimum Gasteiger partial charge on any atom is -0.462 e. The largest absolute Gasteiger partial charge is 0.462 e. The maximum absolute atomic E-state index is 12.9. The van der Waals surface area contributed by atoms with Crippen LogP contribution in [-0.2, 0) is 28.6 Å². The van der Waals surface area contributed by atoms with Gasteiger partial charge in [0.05, 0.1) is 0 Å². The summed E-state index contributed by atoms with van der Waals surface area (Å²) in [5.74, 6) is -0.865. The molecule has 0 aromatic rings. The average Bonchev–Trinajstić information content (AvgIpc) is 3.37. The first kappa shape index (κ1) is 68.6. The van der Waals surface area contributed by atoms with Crippen molar-refractivity contribution >= 4 is 17.9 Å². The molecule has 0 N–H and O–H groups in total. The van der Waals surface area contributed by atoms with Crippen LogP contribution in [0, 0.1) is 0 Å². The second kappa shape index (κ2) is 60.2. The van der Waals surface area contributed by atoms with Gasteiger partial charge in [-0.3, -0.25) is 14.4 Å². The number of rotatable bonds is 58. The van der Waals surface area contributed by atoms with E-state index in [-0.39, 0.29) is 31.1 Å². The van der Waals surface area contributed by atoms with E-state index in [9.17, 15) is 14.4 Å². The van der Waals surface area contributed by atoms with Gasteiger partial charge >= 0.3 is 17.9 Å². The lowest BCUT2D eigenvalue weighted by Gasteiger charge is -2.18. The van der Waals surface area contributed by atoms with E-state index in [0.717, 1.165) is 77.0 Å². The van der Waals surface area contributed by atoms with Crippen LogP contribution in [0.5, 0.6) is 0 Å². The van der Waals surface area contributed by atoms with E-state index in [4.69, 9.17) is 14.2 Å². The summed E-state index contributed by atoms with van der Waals surface area (Å²) in [6.45, 7) is 6.66. The van der Waals surface area contributed by atoms with Gasteiger partial charge in [-0.15, -0.1) is 0 Å². The summed E-state index contributed by atoms with van der Waals surface area (Å²) in [6, 6.07) is 0. The zero-order valence-electron chi connectivity index (χ0n) is 47.8. The summed E-state index contributed by atoms with van der Waals surface area (Å²) < 4.78 is 16.9. The number of hydrogen-bond acceptors (Lipinski definition) is 6. The van der Waals surface area contributed by atoms with Gasteiger partial charge in [0.1, 0.15) is 13.2 Å². The lowest BCUT2D eigenvalue weighted by Crippen LogP contribution is -2.30. The Morgan fingerprint density at radius 2 is 0.507 bits per heavy atom. The van der Waals surface area contributed by atoms with Crippen molar-refractivity contribution in [2.75, 3.05) is 13.2 Å². The Morgan fingerprint density at radius 3 is 0.817 bits per heavy atom. The van der Waals surface area contributed by atoms with Gasteiger partial charge in [-0.1, -0.05) is 282 Å². The minimum atomic E-state index is -0.776. The molecule has 0 unspecified atom stereocenters. The predicted molar refractivity (Wildman–Crippen MR) is 307 cm³/mol. The molecule has 0 fully saturated rings. The number of esters is 3. The molecule has 0 saturated heterocycles. The van der Waals surface area contributed by atoms with E-state index in [1.165, 1.54) is 225 Å². The molecule has 416 valence electrons. The molecule has 6 nitrogen and oxygen atoms in total. The maximum Gasteiger partial charge on any atom is 0.306 e. The molecule has 0 aliphatic heterocycles. The van der Waals surface area contributed by atoms with Gasteiger partial charge in [0, 0.05) is 19.3 Å². The first-order valence-electron chi connectivity index (χ1n) is 31.5. The van der Waals surface area contributed by atoms with E-state index in [2.05, 4.69) is 57.2 Å². The van der Waals surface area contributed by atoms with Crippen molar-refractivity contribution < 1.29 is 28.6 Å². The highest BCUT2D eigenvalue weighted by atomic mass is 16.6. The third-order valence-corrected chi connectivity index (χ3v) is 14.1. The maximum atomic E-state index is 12.9. The van der Waals surface area contributed by atoms with Crippen molar-refractivity contribution in [3.8, 4) is 0 Å². The molecule has 0 saturated carbocycles. The summed E-state index contributed by atoms with van der Waals surface area (Å²) in [4.78, 5) is 38.3. The molecule has 0 amide bonds. The number of hydrogen-bond donors (Lipinski definition) is 0. The van der Waals surface area contributed by atoms with Gasteiger partial charge in [-0.2, -0.15) is 0 Å². The fourth-order valence-electron chi connectivity index (χ4n) is 9.35. The van der Waals surface area contributed by atoms with Crippen molar-refractivity contribution in [1.29, 1.82) is 0 Å². The number of allylic oxidation sites excluding steroid dienone is 6. The van der Waals surface area contributed by atoms with Crippen LogP contribution in [-0.4, -0.2) is 37.2 Å². The van der Waals surface area contributed by atoms with E-state index in [0.29, 0.717) is 19.3 Å². The highest BCUT2D eigenvalue weighted by Gasteiger charge is 2.19. The monoisotopic (exact) mass is 997 g/mol. The SMILES string of the molecule is CCCCC/C=C\C/C=C\CCCCCCCC(=O)OC[C@H](COC(=O)CCCCCCCCCCCCC/C=C\CCCCCCCC)OC(=O)CCCCCCCCCCCCCCCCCCC. The standard InChI is InChI=1S/C65H120O6/c1-4-7-10-13-16-19-22-25-28-30-31-32-33-35-37-40-43-46-49-52-55-58-64(67)70-61-62(60-69-63(66)57-54-51-48-45-42-39-36-27-24-21-18-15-12-9-6-3)71-65(68)59-56-53-50-47-44-41-38-34-29-26-23-20-17-14-11-8-5-2/h18,21,25,27-28,36,62H,4-17,19-20,22-24,26,29-35,37-61H2,1-3H3/b21-18-,28-25-,36-27-/t62-/m1/s1. The Labute approximate surface area is 442 Å². The fraction of sp³-hybridized carbons (Fsp3) is 0.862. The Balaban J connectivity index is 4.32. The van der Waals surface area contributed by atoms with Crippen molar-refractivity contribution in [3.05, 3.63) is 36.5 Å². The minimum absolute atomic E-state index is 0.0729. The third kappa shape index (κ3) is 58.4. The molecule has 0 aliphatic carbocycles. The second-order valence-electron chi connectivity index (χ2n) is 21.3. The van der Waals surface area contributed by atoms with Gasteiger partial charge in [-0.05, 0) is 77.0 Å². The van der Waals surface area contributed by atoms with E-state index < -0.39 is 6.10 Å². The average molecular weight is 998 g/mol. The second-order valence-corrected chi connectivity index (χ2v) is 21.3. The molecule has 0 aliphatic rings. The summed E-state index contributed by atoms with van der Waals surface area (Å²) in [5, 5.41) is 0. The van der Waals surface area contributed by atoms with Crippen molar-refractivity contribution in [2.24, 2.45) is 0 Å². The van der Waals surface area contributed by atoms with Crippen LogP contribution in [0.25, 0.3) is 0 Å². The zero-order chi connectivity index (χ0) is 51.4. The zero-order valence-corrected chi connectivity index (χ0v) is 47.8. The summed E-state index contributed by atoms with van der Waals surface area (Å²) in [6.07, 6.45) is 72.8. The predicted octanol–water partition coefficient (Wildman–Crippen LogP) is 21.2. The summed E-state index contributed by atoms with van der Waals surface area (Å²) in [7, 11) is 0. The Hall–Kier alpha value is -2.37. The van der Waals surface area contributed by atoms with E-state index >= 15 is 0 Å². The van der Waals surface area contributed by atoms with Gasteiger partial charge in [-0.25, -0.2) is 0 Å². The quantitative estimate of drug-likeness (QED) is 0.0261. The van der Waals surface area contributed by atoms with Crippen LogP contribution in [0.2, 0.25) is 0 Å². The van der Waals surface area contributed by atoms with Crippen molar-refractivity contribution in [2.45, 2.75) is 348 Å². The Kier molecular flexibility index (Phi) is 58.2. The molecule has 71 heavy (non-hydrogen) atoms. The molecule has 0 rings (SSSR count). The van der Waals surface area contributed by atoms with Gasteiger partial charge < -0.3 is 14.2 Å². The number of carbonyl (C=O) groups is 3. The molecule has 0 bridgehead atoms. The number of carbonyl (C=O) groups excluding carboxylic acids is 3. The highest BCUT2D eigenvalue weighted by molar-refractivity contribution is 5.71. The molecule has 1 atom stereocenters. The number of ether oxygens (including phenoxy) is 3. The lowest BCUT2D eigenvalue weighted by molar-refractivity contribution is -0.167. The van der Waals surface area contributed by atoms with Crippen LogP contribution in [0.1, 0.15) is 342 Å². The molecule has 0 heterocycles. The summed E-state index contributed by atoms with van der Waals surface area (Å²) >= 11 is 0. The van der Waals surface area contributed by atoms with Gasteiger partial charge in [0.2, 0.25) is 0 Å². The molecule has 0 aromatic heterocycles. The first-order chi connectivity index (χ1) is 35.0. The smallest absolute Gasteiger partial charge is 0.306 e. The summed E-state index contributed by atoms with van der Waals surface area (Å²) in [5.41, 5.74) is 0. The lowest BCUT2D eigenvalue weighted by atomic mass is 10.0. The molecule has 0 spiro atoms. The molecule has 0 radical (unpaired) electrons. The van der Waals surface area contributed by atoms with Crippen LogP contribution in [0.15, 0.2) is 36.5 Å².